The van der Waals surface area contributed by atoms with E-state index in [1.54, 1.807) is 0 Å². The molecule has 1 fully saturated rings. The Kier molecular flexibility index (Phi) is 6.85. The van der Waals surface area contributed by atoms with Gasteiger partial charge in [0, 0.05) is 25.3 Å². The molecule has 1 aromatic carbocycles. The largest absolute Gasteiger partial charge is 0.362 e. The summed E-state index contributed by atoms with van der Waals surface area (Å²) in [4.78, 5) is 2.60. The molecule has 0 spiro atoms. The Balaban J connectivity index is 1.67. The lowest BCUT2D eigenvalue weighted by atomic mass is 9.92. The Labute approximate surface area is 146 Å². The number of thiocarbonyl (C=S) groups is 1. The maximum absolute atomic E-state index is 5.40. The summed E-state index contributed by atoms with van der Waals surface area (Å²) in [7, 11) is 0. The Hall–Kier alpha value is -1.13. The third-order valence-electron chi connectivity index (χ3n) is 4.51. The van der Waals surface area contributed by atoms with E-state index in [0.717, 1.165) is 42.1 Å². The highest BCUT2D eigenvalue weighted by Gasteiger charge is 2.20. The van der Waals surface area contributed by atoms with Crippen molar-refractivity contribution in [2.45, 2.75) is 40.5 Å². The number of hydrogen-bond donors (Lipinski definition) is 2. The molecule has 2 rings (SSSR count). The highest BCUT2D eigenvalue weighted by Crippen LogP contribution is 2.20. The molecule has 0 aromatic heterocycles. The molecule has 0 radical (unpaired) electrons. The fourth-order valence-corrected chi connectivity index (χ4v) is 3.81. The molecule has 2 N–H and O–H groups in total. The van der Waals surface area contributed by atoms with Crippen molar-refractivity contribution in [2.75, 3.05) is 31.5 Å². The zero-order valence-electron chi connectivity index (χ0n) is 15.0. The molecular weight excluding hydrogens is 302 g/mol. The number of piperidine rings is 1. The molecule has 1 aromatic rings. The summed E-state index contributed by atoms with van der Waals surface area (Å²) in [5.74, 6) is 1.66. The normalized spacial score (nSPS) is 21.9. The van der Waals surface area contributed by atoms with E-state index in [4.69, 9.17) is 12.2 Å². The molecule has 0 saturated carbocycles. The van der Waals surface area contributed by atoms with E-state index < -0.39 is 0 Å². The van der Waals surface area contributed by atoms with Crippen LogP contribution >= 0.6 is 12.2 Å². The number of anilines is 1. The molecule has 1 saturated heterocycles. The smallest absolute Gasteiger partial charge is 0.170 e. The van der Waals surface area contributed by atoms with Crippen molar-refractivity contribution in [2.24, 2.45) is 11.8 Å². The van der Waals surface area contributed by atoms with Crippen LogP contribution in [0.1, 0.15) is 37.8 Å². The van der Waals surface area contributed by atoms with Gasteiger partial charge in [-0.05, 0) is 68.9 Å². The minimum atomic E-state index is 0.720. The first-order valence-corrected chi connectivity index (χ1v) is 9.19. The lowest BCUT2D eigenvalue weighted by molar-refractivity contribution is 0.140. The molecular formula is C19H31N3S. The van der Waals surface area contributed by atoms with Crippen molar-refractivity contribution in [3.63, 3.8) is 0 Å². The monoisotopic (exact) mass is 333 g/mol. The molecule has 1 aliphatic rings. The number of likely N-dealkylation sites (tertiary alicyclic amines) is 1. The van der Waals surface area contributed by atoms with E-state index in [-0.39, 0.29) is 0 Å². The third kappa shape index (κ3) is 6.11. The van der Waals surface area contributed by atoms with E-state index in [9.17, 15) is 0 Å². The second-order valence-electron chi connectivity index (χ2n) is 7.26. The van der Waals surface area contributed by atoms with Gasteiger partial charge in [0.25, 0.3) is 0 Å². The number of rotatable bonds is 5. The highest BCUT2D eigenvalue weighted by molar-refractivity contribution is 7.80. The van der Waals surface area contributed by atoms with Gasteiger partial charge in [-0.1, -0.05) is 31.5 Å². The van der Waals surface area contributed by atoms with Crippen LogP contribution in [0.25, 0.3) is 0 Å². The number of hydrogen-bond acceptors (Lipinski definition) is 2. The van der Waals surface area contributed by atoms with Crippen LogP contribution in [0.2, 0.25) is 0 Å². The van der Waals surface area contributed by atoms with Crippen molar-refractivity contribution in [1.82, 2.24) is 10.2 Å². The summed E-state index contributed by atoms with van der Waals surface area (Å²) in [6, 6.07) is 6.37. The lowest BCUT2D eigenvalue weighted by Crippen LogP contribution is -2.40. The van der Waals surface area contributed by atoms with Gasteiger partial charge in [-0.2, -0.15) is 0 Å². The fraction of sp³-hybridized carbons (Fsp3) is 0.632. The molecule has 0 aliphatic carbocycles. The summed E-state index contributed by atoms with van der Waals surface area (Å²) in [6.07, 6.45) is 2.51. The molecule has 0 amide bonds. The average Bonchev–Trinajstić information content (AvgIpc) is 2.46. The standard InChI is InChI=1S/C19H31N3S/c1-14-6-7-18(17(4)11-14)21-19(23)20-8-5-9-22-12-15(2)10-16(3)13-22/h6-7,11,15-16H,5,8-10,12-13H2,1-4H3,(H2,20,21,23). The van der Waals surface area contributed by atoms with Crippen LogP contribution in [0.15, 0.2) is 18.2 Å². The lowest BCUT2D eigenvalue weighted by Gasteiger charge is -2.35. The first-order chi connectivity index (χ1) is 10.9. The summed E-state index contributed by atoms with van der Waals surface area (Å²) in [5.41, 5.74) is 3.59. The van der Waals surface area contributed by atoms with Gasteiger partial charge in [0.15, 0.2) is 5.11 Å². The van der Waals surface area contributed by atoms with Gasteiger partial charge < -0.3 is 15.5 Å². The number of nitrogens with zero attached hydrogens (tertiary/aromatic N) is 1. The zero-order valence-corrected chi connectivity index (χ0v) is 15.8. The topological polar surface area (TPSA) is 27.3 Å². The average molecular weight is 334 g/mol. The van der Waals surface area contributed by atoms with Gasteiger partial charge >= 0.3 is 0 Å². The molecule has 1 heterocycles. The Bertz CT molecular complexity index is 519. The zero-order chi connectivity index (χ0) is 16.8. The number of aryl methyl sites for hydroxylation is 2. The van der Waals surface area contributed by atoms with Gasteiger partial charge in [0.05, 0.1) is 0 Å². The van der Waals surface area contributed by atoms with Crippen molar-refractivity contribution >= 4 is 23.0 Å². The molecule has 1 aliphatic heterocycles. The second-order valence-corrected chi connectivity index (χ2v) is 7.67. The highest BCUT2D eigenvalue weighted by atomic mass is 32.1. The van der Waals surface area contributed by atoms with Crippen molar-refractivity contribution in [3.8, 4) is 0 Å². The van der Waals surface area contributed by atoms with Crippen LogP contribution in [0.5, 0.6) is 0 Å². The van der Waals surface area contributed by atoms with Gasteiger partial charge in [-0.3, -0.25) is 0 Å². The van der Waals surface area contributed by atoms with Gasteiger partial charge in [-0.15, -0.1) is 0 Å². The van der Waals surface area contributed by atoms with E-state index in [1.807, 2.05) is 0 Å². The van der Waals surface area contributed by atoms with E-state index in [1.165, 1.54) is 30.6 Å². The quantitative estimate of drug-likeness (QED) is 0.630. The van der Waals surface area contributed by atoms with Crippen molar-refractivity contribution in [3.05, 3.63) is 29.3 Å². The van der Waals surface area contributed by atoms with Crippen LogP contribution in [0.3, 0.4) is 0 Å². The Morgan fingerprint density at radius 1 is 1.22 bits per heavy atom. The first-order valence-electron chi connectivity index (χ1n) is 8.78. The SMILES string of the molecule is Cc1ccc(NC(=S)NCCCN2CC(C)CC(C)C2)c(C)c1. The predicted molar refractivity (Wildman–Crippen MR) is 104 cm³/mol. The van der Waals surface area contributed by atoms with Crippen LogP contribution < -0.4 is 10.6 Å². The number of benzene rings is 1. The first kappa shape index (κ1) is 18.2. The summed E-state index contributed by atoms with van der Waals surface area (Å²) in [6.45, 7) is 13.5. The van der Waals surface area contributed by atoms with Crippen molar-refractivity contribution < 1.29 is 0 Å². The maximum atomic E-state index is 5.40. The van der Waals surface area contributed by atoms with E-state index in [2.05, 4.69) is 61.4 Å². The maximum Gasteiger partial charge on any atom is 0.170 e. The Morgan fingerprint density at radius 3 is 2.57 bits per heavy atom. The van der Waals surface area contributed by atoms with Gasteiger partial charge in [0.1, 0.15) is 0 Å². The van der Waals surface area contributed by atoms with E-state index in [0.29, 0.717) is 0 Å². The Morgan fingerprint density at radius 2 is 1.91 bits per heavy atom. The summed E-state index contributed by atoms with van der Waals surface area (Å²) >= 11 is 5.40. The predicted octanol–water partition coefficient (Wildman–Crippen LogP) is 3.96. The van der Waals surface area contributed by atoms with Crippen LogP contribution in [0, 0.1) is 25.7 Å². The molecule has 2 atom stereocenters. The van der Waals surface area contributed by atoms with Crippen LogP contribution in [-0.4, -0.2) is 36.2 Å². The molecule has 2 unspecified atom stereocenters. The molecule has 23 heavy (non-hydrogen) atoms. The van der Waals surface area contributed by atoms with Crippen molar-refractivity contribution in [1.29, 1.82) is 0 Å². The minimum absolute atomic E-state index is 0.720. The molecule has 0 bridgehead atoms. The molecule has 3 nitrogen and oxygen atoms in total. The summed E-state index contributed by atoms with van der Waals surface area (Å²) in [5, 5.41) is 7.35. The molecule has 4 heteroatoms. The fourth-order valence-electron chi connectivity index (χ4n) is 3.60. The minimum Gasteiger partial charge on any atom is -0.362 e. The second kappa shape index (κ2) is 8.65. The molecule has 128 valence electrons. The van der Waals surface area contributed by atoms with Gasteiger partial charge in [-0.25, -0.2) is 0 Å². The van der Waals surface area contributed by atoms with Crippen LogP contribution in [0.4, 0.5) is 5.69 Å². The van der Waals surface area contributed by atoms with E-state index >= 15 is 0 Å². The van der Waals surface area contributed by atoms with Crippen LogP contribution in [-0.2, 0) is 0 Å². The number of nitrogens with one attached hydrogen (secondary N) is 2. The third-order valence-corrected chi connectivity index (χ3v) is 4.76. The summed E-state index contributed by atoms with van der Waals surface area (Å²) < 4.78 is 0. The van der Waals surface area contributed by atoms with Gasteiger partial charge in [0.2, 0.25) is 0 Å².